The van der Waals surface area contributed by atoms with Gasteiger partial charge in [-0.2, -0.15) is 4.99 Å². The Kier molecular flexibility index (Phi) is 4.42. The SMILES string of the molecule is O=C(CCl)N=C1S[C@@H]2CS(=O)(=O)C[C@H]2N1c1ccccc1Cl. The molecule has 0 aliphatic carbocycles. The van der Waals surface area contributed by atoms with Crippen LogP contribution in [0.2, 0.25) is 5.02 Å². The summed E-state index contributed by atoms with van der Waals surface area (Å²) >= 11 is 13.0. The van der Waals surface area contributed by atoms with E-state index in [4.69, 9.17) is 23.2 Å². The lowest BCUT2D eigenvalue weighted by molar-refractivity contribution is -0.115. The van der Waals surface area contributed by atoms with Gasteiger partial charge in [0.25, 0.3) is 5.91 Å². The number of amidine groups is 1. The Labute approximate surface area is 142 Å². The van der Waals surface area contributed by atoms with Crippen molar-refractivity contribution in [1.82, 2.24) is 0 Å². The van der Waals surface area contributed by atoms with Crippen LogP contribution >= 0.6 is 35.0 Å². The van der Waals surface area contributed by atoms with E-state index in [0.29, 0.717) is 15.9 Å². The molecule has 22 heavy (non-hydrogen) atoms. The Hall–Kier alpha value is -0.760. The molecule has 0 spiro atoms. The number of aliphatic imine (C=N–C) groups is 1. The number of thioether (sulfide) groups is 1. The highest BCUT2D eigenvalue weighted by molar-refractivity contribution is 8.16. The van der Waals surface area contributed by atoms with Gasteiger partial charge in [-0.1, -0.05) is 35.5 Å². The molecule has 2 atom stereocenters. The Morgan fingerprint density at radius 2 is 2.09 bits per heavy atom. The fourth-order valence-electron chi connectivity index (χ4n) is 2.63. The Balaban J connectivity index is 2.05. The zero-order valence-electron chi connectivity index (χ0n) is 11.3. The summed E-state index contributed by atoms with van der Waals surface area (Å²) in [4.78, 5) is 17.3. The first-order valence-electron chi connectivity index (χ1n) is 6.49. The number of nitrogens with zero attached hydrogens (tertiary/aromatic N) is 2. The van der Waals surface area contributed by atoms with E-state index in [-0.39, 0.29) is 28.7 Å². The summed E-state index contributed by atoms with van der Waals surface area (Å²) < 4.78 is 23.8. The van der Waals surface area contributed by atoms with Crippen LogP contribution in [0.3, 0.4) is 0 Å². The maximum Gasteiger partial charge on any atom is 0.262 e. The summed E-state index contributed by atoms with van der Waals surface area (Å²) in [5, 5.41) is 0.797. The smallest absolute Gasteiger partial charge is 0.262 e. The third-order valence-corrected chi connectivity index (χ3v) is 7.27. The van der Waals surface area contributed by atoms with Crippen LogP contribution in [0.4, 0.5) is 5.69 Å². The molecule has 0 radical (unpaired) electrons. The second-order valence-corrected chi connectivity index (χ2v) is 9.08. The van der Waals surface area contributed by atoms with E-state index in [1.807, 2.05) is 6.07 Å². The van der Waals surface area contributed by atoms with E-state index in [0.717, 1.165) is 0 Å². The molecular weight excluding hydrogens is 367 g/mol. The second-order valence-electron chi connectivity index (χ2n) is 5.04. The van der Waals surface area contributed by atoms with E-state index in [1.54, 1.807) is 23.1 Å². The average Bonchev–Trinajstić information content (AvgIpc) is 2.91. The van der Waals surface area contributed by atoms with Crippen molar-refractivity contribution in [3.63, 3.8) is 0 Å². The number of benzene rings is 1. The van der Waals surface area contributed by atoms with Crippen LogP contribution in [0.5, 0.6) is 0 Å². The van der Waals surface area contributed by atoms with Gasteiger partial charge >= 0.3 is 0 Å². The van der Waals surface area contributed by atoms with E-state index >= 15 is 0 Å². The highest BCUT2D eigenvalue weighted by Crippen LogP contribution is 2.42. The Morgan fingerprint density at radius 3 is 2.77 bits per heavy atom. The van der Waals surface area contributed by atoms with Crippen LogP contribution in [0, 0.1) is 0 Å². The number of para-hydroxylation sites is 1. The van der Waals surface area contributed by atoms with E-state index in [9.17, 15) is 13.2 Å². The number of carbonyl (C=O) groups excluding carboxylic acids is 1. The second kappa shape index (κ2) is 6.03. The van der Waals surface area contributed by atoms with Crippen molar-refractivity contribution in [3.05, 3.63) is 29.3 Å². The third kappa shape index (κ3) is 2.99. The molecule has 0 N–H and O–H groups in total. The average molecular weight is 379 g/mol. The Bertz CT molecular complexity index is 751. The fourth-order valence-corrected chi connectivity index (χ4v) is 6.84. The molecule has 2 aliphatic rings. The monoisotopic (exact) mass is 378 g/mol. The van der Waals surface area contributed by atoms with E-state index in [1.165, 1.54) is 11.8 Å². The first kappa shape index (κ1) is 16.1. The first-order chi connectivity index (χ1) is 10.4. The van der Waals surface area contributed by atoms with Crippen molar-refractivity contribution in [2.24, 2.45) is 4.99 Å². The van der Waals surface area contributed by atoms with E-state index in [2.05, 4.69) is 4.99 Å². The highest BCUT2D eigenvalue weighted by atomic mass is 35.5. The summed E-state index contributed by atoms with van der Waals surface area (Å²) in [5.41, 5.74) is 0.655. The van der Waals surface area contributed by atoms with Crippen molar-refractivity contribution in [2.75, 3.05) is 22.3 Å². The maximum atomic E-state index is 11.9. The molecule has 0 bridgehead atoms. The summed E-state index contributed by atoms with van der Waals surface area (Å²) in [7, 11) is -3.09. The summed E-state index contributed by atoms with van der Waals surface area (Å²) in [6.45, 7) is 0. The lowest BCUT2D eigenvalue weighted by Crippen LogP contribution is -2.38. The minimum absolute atomic E-state index is 0.0317. The zero-order valence-corrected chi connectivity index (χ0v) is 14.4. The van der Waals surface area contributed by atoms with Gasteiger partial charge in [0.05, 0.1) is 28.3 Å². The number of sulfone groups is 1. The lowest BCUT2D eigenvalue weighted by atomic mass is 10.2. The number of carbonyl (C=O) groups is 1. The summed E-state index contributed by atoms with van der Waals surface area (Å²) in [5.74, 6) is -0.556. The fraction of sp³-hybridized carbons (Fsp3) is 0.385. The number of rotatable bonds is 2. The minimum Gasteiger partial charge on any atom is -0.314 e. The molecule has 3 rings (SSSR count). The van der Waals surface area contributed by atoms with Gasteiger partial charge in [0.1, 0.15) is 5.88 Å². The van der Waals surface area contributed by atoms with Gasteiger partial charge in [-0.05, 0) is 12.1 Å². The summed E-state index contributed by atoms with van der Waals surface area (Å²) in [6, 6.07) is 6.84. The molecule has 5 nitrogen and oxygen atoms in total. The molecule has 2 aliphatic heterocycles. The first-order valence-corrected chi connectivity index (χ1v) is 10.1. The van der Waals surface area contributed by atoms with Gasteiger partial charge < -0.3 is 4.90 Å². The van der Waals surface area contributed by atoms with Gasteiger partial charge in [-0.15, -0.1) is 11.6 Å². The molecular formula is C13H12Cl2N2O3S2. The van der Waals surface area contributed by atoms with Crippen LogP contribution in [-0.4, -0.2) is 48.2 Å². The normalized spacial score (nSPS) is 28.1. The molecule has 1 aromatic rings. The number of hydrogen-bond acceptors (Lipinski definition) is 4. The quantitative estimate of drug-likeness (QED) is 0.737. The highest BCUT2D eigenvalue weighted by Gasteiger charge is 2.49. The molecule has 0 saturated carbocycles. The van der Waals surface area contributed by atoms with Gasteiger partial charge in [-0.25, -0.2) is 8.42 Å². The van der Waals surface area contributed by atoms with Gasteiger partial charge in [0.15, 0.2) is 15.0 Å². The molecule has 9 heteroatoms. The van der Waals surface area contributed by atoms with Crippen molar-refractivity contribution in [2.45, 2.75) is 11.3 Å². The minimum atomic E-state index is -3.09. The number of hydrogen-bond donors (Lipinski definition) is 0. The third-order valence-electron chi connectivity index (χ3n) is 3.51. The molecule has 2 saturated heterocycles. The van der Waals surface area contributed by atoms with Crippen molar-refractivity contribution in [3.8, 4) is 0 Å². The van der Waals surface area contributed by atoms with E-state index < -0.39 is 15.7 Å². The number of halogens is 2. The molecule has 0 aromatic heterocycles. The number of fused-ring (bicyclic) bond motifs is 1. The van der Waals surface area contributed by atoms with Crippen LogP contribution in [0.15, 0.2) is 29.3 Å². The van der Waals surface area contributed by atoms with Crippen LogP contribution < -0.4 is 4.90 Å². The van der Waals surface area contributed by atoms with Crippen molar-refractivity contribution in [1.29, 1.82) is 0 Å². The van der Waals surface area contributed by atoms with Gasteiger partial charge in [0, 0.05) is 5.25 Å². The van der Waals surface area contributed by atoms with Crippen molar-refractivity contribution < 1.29 is 13.2 Å². The summed E-state index contributed by atoms with van der Waals surface area (Å²) in [6.07, 6.45) is 0. The molecule has 118 valence electrons. The number of anilines is 1. The van der Waals surface area contributed by atoms with Crippen molar-refractivity contribution >= 4 is 61.6 Å². The van der Waals surface area contributed by atoms with Crippen LogP contribution in [-0.2, 0) is 14.6 Å². The number of alkyl halides is 1. The molecule has 1 aromatic carbocycles. The molecule has 2 fully saturated rings. The number of amides is 1. The largest absolute Gasteiger partial charge is 0.314 e. The zero-order chi connectivity index (χ0) is 15.9. The van der Waals surface area contributed by atoms with Gasteiger partial charge in [-0.3, -0.25) is 4.79 Å². The topological polar surface area (TPSA) is 66.8 Å². The Morgan fingerprint density at radius 1 is 1.36 bits per heavy atom. The van der Waals surface area contributed by atoms with Crippen LogP contribution in [0.25, 0.3) is 0 Å². The molecule has 2 heterocycles. The standard InChI is InChI=1S/C13H12Cl2N2O3S2/c14-5-12(18)16-13-17(9-4-2-1-3-8(9)15)10-6-22(19,20)7-11(10)21-13/h1-4,10-11H,5-7H2/t10-,11-/m1/s1. The maximum absolute atomic E-state index is 11.9. The van der Waals surface area contributed by atoms with Crippen LogP contribution in [0.1, 0.15) is 0 Å². The lowest BCUT2D eigenvalue weighted by Gasteiger charge is -2.25. The predicted octanol–water partition coefficient (Wildman–Crippen LogP) is 2.18. The molecule has 1 amide bonds. The molecule has 0 unspecified atom stereocenters. The van der Waals surface area contributed by atoms with Gasteiger partial charge in [0.2, 0.25) is 0 Å². The predicted molar refractivity (Wildman–Crippen MR) is 90.9 cm³/mol.